The summed E-state index contributed by atoms with van der Waals surface area (Å²) in [6.45, 7) is 0. The number of nitrogens with one attached hydrogen (secondary N) is 2. The van der Waals surface area contributed by atoms with Gasteiger partial charge in [0.2, 0.25) is 11.8 Å². The van der Waals surface area contributed by atoms with Crippen LogP contribution in [0.25, 0.3) is 0 Å². The highest BCUT2D eigenvalue weighted by atomic mass is 16.2. The van der Waals surface area contributed by atoms with Crippen LogP contribution in [-0.4, -0.2) is 24.9 Å². The Hall–Kier alpha value is -1.88. The first-order valence-electron chi connectivity index (χ1n) is 6.94. The number of rotatable bonds is 4. The van der Waals surface area contributed by atoms with E-state index < -0.39 is 0 Å². The normalized spacial score (nSPS) is 21.5. The fourth-order valence-corrected chi connectivity index (χ4v) is 2.48. The number of hydrogen-bond donors (Lipinski definition) is 3. The first kappa shape index (κ1) is 14.5. The third-order valence-electron chi connectivity index (χ3n) is 3.71. The highest BCUT2D eigenvalue weighted by Gasteiger charge is 2.27. The zero-order valence-corrected chi connectivity index (χ0v) is 11.7. The molecule has 0 spiro atoms. The lowest BCUT2D eigenvalue weighted by Crippen LogP contribution is -2.23. The Morgan fingerprint density at radius 3 is 2.50 bits per heavy atom. The van der Waals surface area contributed by atoms with Crippen LogP contribution in [-0.2, 0) is 16.0 Å². The highest BCUT2D eigenvalue weighted by molar-refractivity contribution is 5.92. The zero-order chi connectivity index (χ0) is 14.5. The Balaban J connectivity index is 1.90. The number of carbonyl (C=O) groups is 2. The summed E-state index contributed by atoms with van der Waals surface area (Å²) in [6.07, 6.45) is 2.90. The molecule has 1 aliphatic rings. The number of nitrogens with two attached hydrogens (primary N) is 1. The molecule has 1 aliphatic carbocycles. The van der Waals surface area contributed by atoms with E-state index in [1.807, 2.05) is 24.3 Å². The van der Waals surface area contributed by atoms with Crippen molar-refractivity contribution >= 4 is 17.5 Å². The van der Waals surface area contributed by atoms with Gasteiger partial charge in [-0.25, -0.2) is 0 Å². The van der Waals surface area contributed by atoms with Crippen molar-refractivity contribution in [3.63, 3.8) is 0 Å². The Morgan fingerprint density at radius 2 is 1.95 bits per heavy atom. The van der Waals surface area contributed by atoms with Crippen LogP contribution in [0, 0.1) is 5.92 Å². The maximum atomic E-state index is 12.0. The number of hydrogen-bond acceptors (Lipinski definition) is 3. The van der Waals surface area contributed by atoms with Crippen molar-refractivity contribution in [3.8, 4) is 0 Å². The van der Waals surface area contributed by atoms with Crippen molar-refractivity contribution in [1.82, 2.24) is 5.32 Å². The number of anilines is 1. The minimum Gasteiger partial charge on any atom is -0.359 e. The molecule has 2 unspecified atom stereocenters. The summed E-state index contributed by atoms with van der Waals surface area (Å²) in [5.41, 5.74) is 7.50. The van der Waals surface area contributed by atoms with Crippen molar-refractivity contribution in [2.45, 2.75) is 31.7 Å². The van der Waals surface area contributed by atoms with Gasteiger partial charge < -0.3 is 16.4 Å². The molecule has 0 bridgehead atoms. The van der Waals surface area contributed by atoms with Gasteiger partial charge in [-0.15, -0.1) is 0 Å². The number of amides is 2. The molecular weight excluding hydrogens is 254 g/mol. The van der Waals surface area contributed by atoms with Crippen LogP contribution in [0.4, 0.5) is 5.69 Å². The van der Waals surface area contributed by atoms with Crippen molar-refractivity contribution in [1.29, 1.82) is 0 Å². The van der Waals surface area contributed by atoms with Crippen molar-refractivity contribution in [2.75, 3.05) is 12.4 Å². The largest absolute Gasteiger partial charge is 0.359 e. The van der Waals surface area contributed by atoms with Gasteiger partial charge in [-0.3, -0.25) is 9.59 Å². The standard InChI is InChI=1S/C15H21N3O2/c1-17-14(19)8-10-2-6-13(7-3-10)18-15(20)11-4-5-12(16)9-11/h2-3,6-7,11-12H,4-5,8-9,16H2,1H3,(H,17,19)(H,18,20). The van der Waals surface area contributed by atoms with E-state index in [0.29, 0.717) is 6.42 Å². The number of likely N-dealkylation sites (N-methyl/N-ethyl adjacent to an activating group) is 1. The average Bonchev–Trinajstić information content (AvgIpc) is 2.87. The second-order valence-corrected chi connectivity index (χ2v) is 5.31. The third kappa shape index (κ3) is 3.81. The van der Waals surface area contributed by atoms with Gasteiger partial charge in [0.25, 0.3) is 0 Å². The molecule has 2 amide bonds. The lowest BCUT2D eigenvalue weighted by molar-refractivity contribution is -0.120. The summed E-state index contributed by atoms with van der Waals surface area (Å²) >= 11 is 0. The molecule has 0 radical (unpaired) electrons. The maximum absolute atomic E-state index is 12.0. The van der Waals surface area contributed by atoms with E-state index >= 15 is 0 Å². The molecule has 1 aromatic carbocycles. The monoisotopic (exact) mass is 275 g/mol. The van der Waals surface area contributed by atoms with Gasteiger partial charge in [0.1, 0.15) is 0 Å². The van der Waals surface area contributed by atoms with Crippen LogP contribution in [0.3, 0.4) is 0 Å². The van der Waals surface area contributed by atoms with E-state index in [-0.39, 0.29) is 23.8 Å². The maximum Gasteiger partial charge on any atom is 0.227 e. The molecule has 1 aromatic rings. The molecule has 2 atom stereocenters. The fraction of sp³-hybridized carbons (Fsp3) is 0.467. The molecule has 5 nitrogen and oxygen atoms in total. The molecule has 1 fully saturated rings. The van der Waals surface area contributed by atoms with Gasteiger partial charge in [-0.05, 0) is 37.0 Å². The van der Waals surface area contributed by atoms with E-state index in [1.54, 1.807) is 7.05 Å². The summed E-state index contributed by atoms with van der Waals surface area (Å²) in [4.78, 5) is 23.3. The lowest BCUT2D eigenvalue weighted by atomic mass is 10.1. The van der Waals surface area contributed by atoms with Gasteiger partial charge in [0.15, 0.2) is 0 Å². The zero-order valence-electron chi connectivity index (χ0n) is 11.7. The van der Waals surface area contributed by atoms with Crippen LogP contribution < -0.4 is 16.4 Å². The summed E-state index contributed by atoms with van der Waals surface area (Å²) in [5.74, 6) is 0.0364. The summed E-state index contributed by atoms with van der Waals surface area (Å²) in [6, 6.07) is 7.51. The van der Waals surface area contributed by atoms with E-state index in [0.717, 1.165) is 30.5 Å². The van der Waals surface area contributed by atoms with Gasteiger partial charge in [0, 0.05) is 24.7 Å². The second-order valence-electron chi connectivity index (χ2n) is 5.31. The van der Waals surface area contributed by atoms with Crippen LogP contribution in [0.2, 0.25) is 0 Å². The predicted octanol–water partition coefficient (Wildman–Crippen LogP) is 1.04. The van der Waals surface area contributed by atoms with E-state index in [9.17, 15) is 9.59 Å². The molecule has 0 aromatic heterocycles. The Labute approximate surface area is 118 Å². The molecule has 0 heterocycles. The second kappa shape index (κ2) is 6.52. The molecule has 5 heteroatoms. The van der Waals surface area contributed by atoms with E-state index in [4.69, 9.17) is 5.73 Å². The topological polar surface area (TPSA) is 84.2 Å². The summed E-state index contributed by atoms with van der Waals surface area (Å²) in [5, 5.41) is 5.48. The van der Waals surface area contributed by atoms with Crippen molar-refractivity contribution in [3.05, 3.63) is 29.8 Å². The Bertz CT molecular complexity index is 484. The molecule has 20 heavy (non-hydrogen) atoms. The smallest absolute Gasteiger partial charge is 0.227 e. The summed E-state index contributed by atoms with van der Waals surface area (Å²) in [7, 11) is 1.61. The predicted molar refractivity (Wildman–Crippen MR) is 78.2 cm³/mol. The van der Waals surface area contributed by atoms with E-state index in [1.165, 1.54) is 0 Å². The van der Waals surface area contributed by atoms with Crippen molar-refractivity contribution in [2.24, 2.45) is 11.7 Å². The Kier molecular flexibility index (Phi) is 4.74. The van der Waals surface area contributed by atoms with Gasteiger partial charge >= 0.3 is 0 Å². The third-order valence-corrected chi connectivity index (χ3v) is 3.71. The first-order chi connectivity index (χ1) is 9.58. The molecule has 4 N–H and O–H groups in total. The first-order valence-corrected chi connectivity index (χ1v) is 6.94. The molecule has 1 saturated carbocycles. The molecule has 0 aliphatic heterocycles. The number of benzene rings is 1. The number of carbonyl (C=O) groups excluding carboxylic acids is 2. The quantitative estimate of drug-likeness (QED) is 0.767. The summed E-state index contributed by atoms with van der Waals surface area (Å²) < 4.78 is 0. The average molecular weight is 275 g/mol. The van der Waals surface area contributed by atoms with Crippen molar-refractivity contribution < 1.29 is 9.59 Å². The highest BCUT2D eigenvalue weighted by Crippen LogP contribution is 2.25. The molecule has 0 saturated heterocycles. The van der Waals surface area contributed by atoms with Gasteiger partial charge in [-0.2, -0.15) is 0 Å². The van der Waals surface area contributed by atoms with Gasteiger partial charge in [-0.1, -0.05) is 12.1 Å². The Morgan fingerprint density at radius 1 is 1.25 bits per heavy atom. The minimum atomic E-state index is -0.0262. The van der Waals surface area contributed by atoms with Crippen LogP contribution in [0.15, 0.2) is 24.3 Å². The lowest BCUT2D eigenvalue weighted by Gasteiger charge is -2.11. The molecule has 2 rings (SSSR count). The fourth-order valence-electron chi connectivity index (χ4n) is 2.48. The van der Waals surface area contributed by atoms with E-state index in [2.05, 4.69) is 10.6 Å². The van der Waals surface area contributed by atoms with Crippen LogP contribution in [0.5, 0.6) is 0 Å². The van der Waals surface area contributed by atoms with Crippen LogP contribution in [0.1, 0.15) is 24.8 Å². The SMILES string of the molecule is CNC(=O)Cc1ccc(NC(=O)C2CCC(N)C2)cc1. The molecule has 108 valence electrons. The minimum absolute atomic E-state index is 0.0237. The van der Waals surface area contributed by atoms with Gasteiger partial charge in [0.05, 0.1) is 6.42 Å². The van der Waals surface area contributed by atoms with Crippen LogP contribution >= 0.6 is 0 Å². The molecular formula is C15H21N3O2.